The third kappa shape index (κ3) is 4.50. The van der Waals surface area contributed by atoms with E-state index in [-0.39, 0.29) is 11.9 Å². The number of aromatic nitrogens is 2. The number of nitrogens with zero attached hydrogens (tertiary/aromatic N) is 3. The van der Waals surface area contributed by atoms with Crippen LogP contribution in [-0.4, -0.2) is 34.2 Å². The van der Waals surface area contributed by atoms with Crippen LogP contribution in [0.3, 0.4) is 0 Å². The molecule has 1 aliphatic rings. The van der Waals surface area contributed by atoms with Gasteiger partial charge in [0.25, 0.3) is 0 Å². The van der Waals surface area contributed by atoms with E-state index in [1.54, 1.807) is 35.2 Å². The minimum Gasteiger partial charge on any atom is -0.339 e. The molecule has 2 amide bonds. The Bertz CT molecular complexity index is 995. The lowest BCUT2D eigenvalue weighted by atomic mass is 9.97. The number of para-hydroxylation sites is 1. The summed E-state index contributed by atoms with van der Waals surface area (Å²) in [4.78, 5) is 18.8. The second-order valence-electron chi connectivity index (χ2n) is 6.75. The molecule has 4 rings (SSSR count). The maximum Gasteiger partial charge on any atom is 0.321 e. The van der Waals surface area contributed by atoms with Gasteiger partial charge in [-0.3, -0.25) is 0 Å². The summed E-state index contributed by atoms with van der Waals surface area (Å²) in [7, 11) is 0. The van der Waals surface area contributed by atoms with Gasteiger partial charge in [0.1, 0.15) is 0 Å². The monoisotopic (exact) mass is 450 g/mol. The molecule has 1 fully saturated rings. The Kier molecular flexibility index (Phi) is 5.94. The Morgan fingerprint density at radius 3 is 2.34 bits per heavy atom. The van der Waals surface area contributed by atoms with Gasteiger partial charge in [0.15, 0.2) is 0 Å². The highest BCUT2D eigenvalue weighted by atomic mass is 35.5. The third-order valence-electron chi connectivity index (χ3n) is 4.87. The van der Waals surface area contributed by atoms with Crippen molar-refractivity contribution in [2.45, 2.75) is 18.8 Å². The van der Waals surface area contributed by atoms with Crippen molar-refractivity contribution in [1.29, 1.82) is 0 Å². The molecular formula is C20H17Cl3N4O2. The number of carbonyl (C=O) groups is 1. The average Bonchev–Trinajstić information content (AvgIpc) is 3.21. The van der Waals surface area contributed by atoms with E-state index >= 15 is 0 Å². The van der Waals surface area contributed by atoms with Gasteiger partial charge in [0, 0.05) is 29.6 Å². The maximum absolute atomic E-state index is 12.6. The molecule has 150 valence electrons. The third-order valence-corrected chi connectivity index (χ3v) is 5.75. The van der Waals surface area contributed by atoms with Crippen LogP contribution in [0.15, 0.2) is 47.0 Å². The molecule has 0 spiro atoms. The van der Waals surface area contributed by atoms with Crippen molar-refractivity contribution in [2.24, 2.45) is 0 Å². The topological polar surface area (TPSA) is 71.3 Å². The number of hydrogen-bond acceptors (Lipinski definition) is 4. The Balaban J connectivity index is 1.37. The Morgan fingerprint density at radius 2 is 1.69 bits per heavy atom. The van der Waals surface area contributed by atoms with Crippen LogP contribution in [0.25, 0.3) is 11.4 Å². The number of nitrogens with one attached hydrogen (secondary N) is 1. The summed E-state index contributed by atoms with van der Waals surface area (Å²) in [5.74, 6) is 1.23. The summed E-state index contributed by atoms with van der Waals surface area (Å²) in [5.41, 5.74) is 1.27. The van der Waals surface area contributed by atoms with E-state index < -0.39 is 0 Å². The summed E-state index contributed by atoms with van der Waals surface area (Å²) >= 11 is 18.2. The second-order valence-corrected chi connectivity index (χ2v) is 8.00. The SMILES string of the molecule is O=C(Nc1c(Cl)cccc1Cl)N1CCC(c2nc(-c3ccc(Cl)cc3)no2)CC1. The highest BCUT2D eigenvalue weighted by molar-refractivity contribution is 6.39. The molecule has 0 aliphatic carbocycles. The zero-order valence-electron chi connectivity index (χ0n) is 15.2. The van der Waals surface area contributed by atoms with E-state index in [9.17, 15) is 4.79 Å². The number of likely N-dealkylation sites (tertiary alicyclic amines) is 1. The molecule has 9 heteroatoms. The van der Waals surface area contributed by atoms with Crippen LogP contribution in [0.5, 0.6) is 0 Å². The zero-order valence-corrected chi connectivity index (χ0v) is 17.5. The predicted octanol–water partition coefficient (Wildman–Crippen LogP) is 6.11. The molecular weight excluding hydrogens is 435 g/mol. The van der Waals surface area contributed by atoms with Gasteiger partial charge in [-0.25, -0.2) is 4.79 Å². The summed E-state index contributed by atoms with van der Waals surface area (Å²) in [6.45, 7) is 1.13. The van der Waals surface area contributed by atoms with Gasteiger partial charge in [0.05, 0.1) is 15.7 Å². The molecule has 0 unspecified atom stereocenters. The molecule has 1 saturated heterocycles. The number of amides is 2. The number of urea groups is 1. The number of benzene rings is 2. The lowest BCUT2D eigenvalue weighted by molar-refractivity contribution is 0.187. The number of carbonyl (C=O) groups excluding carboxylic acids is 1. The molecule has 0 saturated carbocycles. The van der Waals surface area contributed by atoms with Gasteiger partial charge in [0.2, 0.25) is 11.7 Å². The van der Waals surface area contributed by atoms with Crippen molar-refractivity contribution in [3.8, 4) is 11.4 Å². The van der Waals surface area contributed by atoms with E-state index in [1.807, 2.05) is 12.1 Å². The smallest absolute Gasteiger partial charge is 0.321 e. The Hall–Kier alpha value is -2.28. The average molecular weight is 452 g/mol. The number of hydrogen-bond donors (Lipinski definition) is 1. The lowest BCUT2D eigenvalue weighted by Gasteiger charge is -2.30. The molecule has 0 bridgehead atoms. The molecule has 3 aromatic rings. The first-order valence-electron chi connectivity index (χ1n) is 9.11. The fourth-order valence-corrected chi connectivity index (χ4v) is 3.87. The van der Waals surface area contributed by atoms with E-state index in [1.165, 1.54) is 0 Å². The molecule has 1 N–H and O–H groups in total. The number of rotatable bonds is 3. The minimum absolute atomic E-state index is 0.108. The van der Waals surface area contributed by atoms with Crippen molar-refractivity contribution >= 4 is 46.5 Å². The van der Waals surface area contributed by atoms with Crippen LogP contribution in [-0.2, 0) is 0 Å². The van der Waals surface area contributed by atoms with E-state index in [0.29, 0.717) is 45.6 Å². The quantitative estimate of drug-likeness (QED) is 0.521. The van der Waals surface area contributed by atoms with Gasteiger partial charge in [-0.15, -0.1) is 0 Å². The first kappa shape index (κ1) is 20.0. The molecule has 2 aromatic carbocycles. The predicted molar refractivity (Wildman–Crippen MR) is 114 cm³/mol. The molecule has 1 aromatic heterocycles. The summed E-state index contributed by atoms with van der Waals surface area (Å²) in [6, 6.07) is 12.1. The fourth-order valence-electron chi connectivity index (χ4n) is 3.25. The molecule has 6 nitrogen and oxygen atoms in total. The molecule has 29 heavy (non-hydrogen) atoms. The second kappa shape index (κ2) is 8.61. The Morgan fingerprint density at radius 1 is 1.03 bits per heavy atom. The van der Waals surface area contributed by atoms with Crippen LogP contribution in [0, 0.1) is 0 Å². The van der Waals surface area contributed by atoms with Crippen molar-refractivity contribution in [3.05, 3.63) is 63.4 Å². The van der Waals surface area contributed by atoms with Crippen molar-refractivity contribution in [2.75, 3.05) is 18.4 Å². The van der Waals surface area contributed by atoms with Gasteiger partial charge in [-0.2, -0.15) is 4.98 Å². The molecule has 1 aliphatic heterocycles. The van der Waals surface area contributed by atoms with Crippen molar-refractivity contribution in [3.63, 3.8) is 0 Å². The maximum atomic E-state index is 12.6. The summed E-state index contributed by atoms with van der Waals surface area (Å²) in [5, 5.41) is 8.33. The van der Waals surface area contributed by atoms with Crippen LogP contribution in [0.4, 0.5) is 10.5 Å². The first-order chi connectivity index (χ1) is 14.0. The summed E-state index contributed by atoms with van der Waals surface area (Å²) in [6.07, 6.45) is 1.46. The number of anilines is 1. The number of piperidine rings is 1. The molecule has 0 atom stereocenters. The van der Waals surface area contributed by atoms with Crippen LogP contribution >= 0.6 is 34.8 Å². The van der Waals surface area contributed by atoms with Gasteiger partial charge < -0.3 is 14.7 Å². The van der Waals surface area contributed by atoms with Crippen LogP contribution in [0.1, 0.15) is 24.7 Å². The van der Waals surface area contributed by atoms with Crippen molar-refractivity contribution in [1.82, 2.24) is 15.0 Å². The van der Waals surface area contributed by atoms with Gasteiger partial charge >= 0.3 is 6.03 Å². The first-order valence-corrected chi connectivity index (χ1v) is 10.2. The number of halogens is 3. The highest BCUT2D eigenvalue weighted by Gasteiger charge is 2.28. The van der Waals surface area contributed by atoms with Crippen LogP contribution < -0.4 is 5.32 Å². The minimum atomic E-state index is -0.231. The standard InChI is InChI=1S/C20H17Cl3N4O2/c21-14-6-4-12(5-7-14)18-25-19(29-26-18)13-8-10-27(11-9-13)20(28)24-17-15(22)2-1-3-16(17)23/h1-7,13H,8-11H2,(H,24,28). The zero-order chi connectivity index (χ0) is 20.4. The lowest BCUT2D eigenvalue weighted by Crippen LogP contribution is -2.40. The Labute approximate surface area is 182 Å². The van der Waals surface area contributed by atoms with E-state index in [0.717, 1.165) is 18.4 Å². The van der Waals surface area contributed by atoms with E-state index in [2.05, 4.69) is 15.5 Å². The molecule has 2 heterocycles. The fraction of sp³-hybridized carbons (Fsp3) is 0.250. The van der Waals surface area contributed by atoms with Gasteiger partial charge in [-0.05, 0) is 49.2 Å². The van der Waals surface area contributed by atoms with E-state index in [4.69, 9.17) is 39.3 Å². The summed E-state index contributed by atoms with van der Waals surface area (Å²) < 4.78 is 5.46. The van der Waals surface area contributed by atoms with Gasteiger partial charge in [-0.1, -0.05) is 46.0 Å². The largest absolute Gasteiger partial charge is 0.339 e. The normalized spacial score (nSPS) is 14.8. The highest BCUT2D eigenvalue weighted by Crippen LogP contribution is 2.32. The van der Waals surface area contributed by atoms with Crippen LogP contribution in [0.2, 0.25) is 15.1 Å². The molecule has 0 radical (unpaired) electrons. The van der Waals surface area contributed by atoms with Crippen molar-refractivity contribution < 1.29 is 9.32 Å².